The van der Waals surface area contributed by atoms with Gasteiger partial charge in [0.25, 0.3) is 5.91 Å². The summed E-state index contributed by atoms with van der Waals surface area (Å²) in [5, 5.41) is 10.6. The van der Waals surface area contributed by atoms with Crippen molar-refractivity contribution in [3.05, 3.63) is 47.8 Å². The topological polar surface area (TPSA) is 58.1 Å². The van der Waals surface area contributed by atoms with Crippen LogP contribution in [0.5, 0.6) is 0 Å². The first-order valence-corrected chi connectivity index (χ1v) is 7.19. The maximum atomic E-state index is 12.0. The van der Waals surface area contributed by atoms with Crippen LogP contribution in [0.1, 0.15) is 29.0 Å². The molecule has 21 heavy (non-hydrogen) atoms. The summed E-state index contributed by atoms with van der Waals surface area (Å²) in [5.41, 5.74) is 3.09. The molecule has 0 saturated carbocycles. The molecule has 1 aromatic heterocycles. The largest absolute Gasteiger partial charge is 0.372 e. The van der Waals surface area contributed by atoms with Crippen LogP contribution in [0.2, 0.25) is 0 Å². The maximum Gasteiger partial charge on any atom is 0.276 e. The minimum absolute atomic E-state index is 0.239. The van der Waals surface area contributed by atoms with Gasteiger partial charge in [0.15, 0.2) is 5.69 Å². The van der Waals surface area contributed by atoms with Gasteiger partial charge in [-0.05, 0) is 56.2 Å². The van der Waals surface area contributed by atoms with Gasteiger partial charge in [-0.1, -0.05) is 0 Å². The summed E-state index contributed by atoms with van der Waals surface area (Å²) >= 11 is 0. The Labute approximate surface area is 124 Å². The second-order valence-electron chi connectivity index (χ2n) is 5.26. The molecule has 0 bridgehead atoms. The highest BCUT2D eigenvalue weighted by molar-refractivity contribution is 6.02. The molecular weight excluding hydrogens is 264 g/mol. The number of carbonyl (C=O) groups is 1. The number of anilines is 2. The fourth-order valence-electron chi connectivity index (χ4n) is 2.45. The van der Waals surface area contributed by atoms with Crippen molar-refractivity contribution >= 4 is 17.3 Å². The Hall–Kier alpha value is -2.43. The Kier molecular flexibility index (Phi) is 3.81. The van der Waals surface area contributed by atoms with E-state index in [9.17, 15) is 4.79 Å². The number of hydrogen-bond donors (Lipinski definition) is 1. The van der Waals surface area contributed by atoms with Crippen molar-refractivity contribution in [3.63, 3.8) is 0 Å². The zero-order valence-corrected chi connectivity index (χ0v) is 12.0. The highest BCUT2D eigenvalue weighted by Crippen LogP contribution is 2.22. The second-order valence-corrected chi connectivity index (χ2v) is 5.26. The predicted molar refractivity (Wildman–Crippen MR) is 82.6 cm³/mol. The lowest BCUT2D eigenvalue weighted by Gasteiger charge is -2.17. The van der Waals surface area contributed by atoms with Crippen LogP contribution in [-0.2, 0) is 0 Å². The Morgan fingerprint density at radius 2 is 1.76 bits per heavy atom. The number of nitrogens with one attached hydrogen (secondary N) is 1. The first-order valence-electron chi connectivity index (χ1n) is 7.19. The molecule has 0 atom stereocenters. The number of amides is 1. The van der Waals surface area contributed by atoms with E-state index in [2.05, 4.69) is 20.4 Å². The van der Waals surface area contributed by atoms with Crippen molar-refractivity contribution in [3.8, 4) is 0 Å². The molecule has 108 valence electrons. The summed E-state index contributed by atoms with van der Waals surface area (Å²) in [6.45, 7) is 4.07. The van der Waals surface area contributed by atoms with Gasteiger partial charge in [0.1, 0.15) is 0 Å². The highest BCUT2D eigenvalue weighted by atomic mass is 16.1. The van der Waals surface area contributed by atoms with Gasteiger partial charge in [-0.3, -0.25) is 4.79 Å². The van der Waals surface area contributed by atoms with Crippen molar-refractivity contribution in [1.29, 1.82) is 0 Å². The first kappa shape index (κ1) is 13.5. The van der Waals surface area contributed by atoms with Gasteiger partial charge in [0.2, 0.25) is 0 Å². The highest BCUT2D eigenvalue weighted by Gasteiger charge is 2.12. The molecule has 0 unspecified atom stereocenters. The molecule has 1 saturated heterocycles. The van der Waals surface area contributed by atoms with Gasteiger partial charge in [-0.25, -0.2) is 0 Å². The van der Waals surface area contributed by atoms with Gasteiger partial charge in [0.05, 0.1) is 5.69 Å². The third-order valence-electron chi connectivity index (χ3n) is 3.63. The van der Waals surface area contributed by atoms with Gasteiger partial charge in [-0.15, -0.1) is 5.10 Å². The first-order chi connectivity index (χ1) is 10.2. The SMILES string of the molecule is Cc1ccc(C(=O)Nc2ccc(N3CCCC3)cc2)nn1. The Bertz CT molecular complexity index is 616. The molecule has 1 amide bonds. The summed E-state index contributed by atoms with van der Waals surface area (Å²) < 4.78 is 0. The Balaban J connectivity index is 1.67. The molecule has 0 aliphatic carbocycles. The molecule has 0 spiro atoms. The molecule has 1 aliphatic rings. The third-order valence-corrected chi connectivity index (χ3v) is 3.63. The molecule has 0 radical (unpaired) electrons. The van der Waals surface area contributed by atoms with Crippen molar-refractivity contribution in [1.82, 2.24) is 10.2 Å². The van der Waals surface area contributed by atoms with Gasteiger partial charge >= 0.3 is 0 Å². The van der Waals surface area contributed by atoms with Crippen LogP contribution in [-0.4, -0.2) is 29.2 Å². The van der Waals surface area contributed by atoms with Crippen LogP contribution in [0.4, 0.5) is 11.4 Å². The average Bonchev–Trinajstić information content (AvgIpc) is 3.03. The third kappa shape index (κ3) is 3.18. The van der Waals surface area contributed by atoms with E-state index in [1.165, 1.54) is 18.5 Å². The van der Waals surface area contributed by atoms with E-state index >= 15 is 0 Å². The van der Waals surface area contributed by atoms with Crippen LogP contribution in [0, 0.1) is 6.92 Å². The molecule has 5 heteroatoms. The van der Waals surface area contributed by atoms with Gasteiger partial charge in [0, 0.05) is 24.5 Å². The Morgan fingerprint density at radius 3 is 2.38 bits per heavy atom. The van der Waals surface area contributed by atoms with Gasteiger partial charge < -0.3 is 10.2 Å². The van der Waals surface area contributed by atoms with E-state index in [0.29, 0.717) is 5.69 Å². The fraction of sp³-hybridized carbons (Fsp3) is 0.312. The lowest BCUT2D eigenvalue weighted by molar-refractivity contribution is 0.102. The number of carbonyl (C=O) groups excluding carboxylic acids is 1. The van der Waals surface area contributed by atoms with E-state index in [1.54, 1.807) is 12.1 Å². The standard InChI is InChI=1S/C16H18N4O/c1-12-4-9-15(19-18-12)16(21)17-13-5-7-14(8-6-13)20-10-2-3-11-20/h4-9H,2-3,10-11H2,1H3,(H,17,21). The van der Waals surface area contributed by atoms with Crippen LogP contribution in [0.25, 0.3) is 0 Å². The van der Waals surface area contributed by atoms with Crippen LogP contribution in [0.15, 0.2) is 36.4 Å². The van der Waals surface area contributed by atoms with E-state index < -0.39 is 0 Å². The van der Waals surface area contributed by atoms with Crippen LogP contribution < -0.4 is 10.2 Å². The summed E-state index contributed by atoms with van der Waals surface area (Å²) in [5.74, 6) is -0.239. The molecule has 2 heterocycles. The maximum absolute atomic E-state index is 12.0. The molecule has 1 fully saturated rings. The van der Waals surface area contributed by atoms with Crippen molar-refractivity contribution in [2.45, 2.75) is 19.8 Å². The second kappa shape index (κ2) is 5.91. The lowest BCUT2D eigenvalue weighted by Crippen LogP contribution is -2.18. The molecule has 3 rings (SSSR count). The monoisotopic (exact) mass is 282 g/mol. The Morgan fingerprint density at radius 1 is 1.05 bits per heavy atom. The minimum atomic E-state index is -0.239. The molecule has 1 N–H and O–H groups in total. The van der Waals surface area contributed by atoms with Crippen LogP contribution >= 0.6 is 0 Å². The van der Waals surface area contributed by atoms with E-state index in [0.717, 1.165) is 24.5 Å². The van der Waals surface area contributed by atoms with Gasteiger partial charge in [-0.2, -0.15) is 5.10 Å². The predicted octanol–water partition coefficient (Wildman–Crippen LogP) is 2.64. The molecule has 1 aliphatic heterocycles. The average molecular weight is 282 g/mol. The number of benzene rings is 1. The lowest BCUT2D eigenvalue weighted by atomic mass is 10.2. The van der Waals surface area contributed by atoms with E-state index in [-0.39, 0.29) is 5.91 Å². The summed E-state index contributed by atoms with van der Waals surface area (Å²) in [6.07, 6.45) is 2.51. The molecular formula is C16H18N4O. The van der Waals surface area contributed by atoms with Crippen molar-refractivity contribution in [2.75, 3.05) is 23.3 Å². The number of nitrogens with zero attached hydrogens (tertiary/aromatic N) is 3. The number of aryl methyl sites for hydroxylation is 1. The summed E-state index contributed by atoms with van der Waals surface area (Å²) in [6, 6.07) is 11.4. The minimum Gasteiger partial charge on any atom is -0.372 e. The van der Waals surface area contributed by atoms with E-state index in [1.807, 2.05) is 31.2 Å². The van der Waals surface area contributed by atoms with E-state index in [4.69, 9.17) is 0 Å². The zero-order chi connectivity index (χ0) is 14.7. The summed E-state index contributed by atoms with van der Waals surface area (Å²) in [4.78, 5) is 14.4. The zero-order valence-electron chi connectivity index (χ0n) is 12.0. The van der Waals surface area contributed by atoms with Crippen molar-refractivity contribution in [2.24, 2.45) is 0 Å². The number of rotatable bonds is 3. The summed E-state index contributed by atoms with van der Waals surface area (Å²) in [7, 11) is 0. The fourth-order valence-corrected chi connectivity index (χ4v) is 2.45. The quantitative estimate of drug-likeness (QED) is 0.940. The number of hydrogen-bond acceptors (Lipinski definition) is 4. The normalized spacial score (nSPS) is 14.2. The molecule has 5 nitrogen and oxygen atoms in total. The van der Waals surface area contributed by atoms with Crippen molar-refractivity contribution < 1.29 is 4.79 Å². The molecule has 2 aromatic rings. The molecule has 1 aromatic carbocycles. The van der Waals surface area contributed by atoms with Crippen LogP contribution in [0.3, 0.4) is 0 Å². The smallest absolute Gasteiger partial charge is 0.276 e. The number of aromatic nitrogens is 2.